The SMILES string of the molecule is CC(C)CN(C)C(=O)c1coc(CN)c1. The number of hydrogen-bond acceptors (Lipinski definition) is 3. The summed E-state index contributed by atoms with van der Waals surface area (Å²) in [6.07, 6.45) is 1.46. The highest BCUT2D eigenvalue weighted by Gasteiger charge is 2.14. The zero-order chi connectivity index (χ0) is 11.4. The second kappa shape index (κ2) is 4.98. The molecule has 0 radical (unpaired) electrons. The molecule has 0 aliphatic heterocycles. The molecule has 0 unspecified atom stereocenters. The molecule has 0 atom stereocenters. The van der Waals surface area contributed by atoms with Gasteiger partial charge in [0.25, 0.3) is 5.91 Å². The van der Waals surface area contributed by atoms with Gasteiger partial charge in [-0.2, -0.15) is 0 Å². The predicted molar refractivity (Wildman–Crippen MR) is 58.4 cm³/mol. The highest BCUT2D eigenvalue weighted by molar-refractivity contribution is 5.93. The third-order valence-electron chi connectivity index (χ3n) is 2.09. The molecule has 1 aromatic rings. The molecular formula is C11H18N2O2. The van der Waals surface area contributed by atoms with E-state index in [0.717, 1.165) is 6.54 Å². The Balaban J connectivity index is 2.67. The number of rotatable bonds is 4. The van der Waals surface area contributed by atoms with Crippen LogP contribution in [-0.2, 0) is 6.54 Å². The monoisotopic (exact) mass is 210 g/mol. The summed E-state index contributed by atoms with van der Waals surface area (Å²) in [5.41, 5.74) is 5.97. The molecule has 0 bridgehead atoms. The Morgan fingerprint density at radius 1 is 1.60 bits per heavy atom. The summed E-state index contributed by atoms with van der Waals surface area (Å²) < 4.78 is 5.12. The van der Waals surface area contributed by atoms with Gasteiger partial charge in [-0.3, -0.25) is 4.79 Å². The molecule has 15 heavy (non-hydrogen) atoms. The fraction of sp³-hybridized carbons (Fsp3) is 0.545. The molecule has 84 valence electrons. The highest BCUT2D eigenvalue weighted by Crippen LogP contribution is 2.10. The van der Waals surface area contributed by atoms with Crippen molar-refractivity contribution in [3.05, 3.63) is 23.7 Å². The lowest BCUT2D eigenvalue weighted by molar-refractivity contribution is 0.0778. The van der Waals surface area contributed by atoms with Gasteiger partial charge in [-0.05, 0) is 12.0 Å². The van der Waals surface area contributed by atoms with Gasteiger partial charge in [-0.15, -0.1) is 0 Å². The number of amides is 1. The van der Waals surface area contributed by atoms with Crippen LogP contribution in [0.2, 0.25) is 0 Å². The van der Waals surface area contributed by atoms with Crippen molar-refractivity contribution in [2.75, 3.05) is 13.6 Å². The van der Waals surface area contributed by atoms with Gasteiger partial charge < -0.3 is 15.1 Å². The molecular weight excluding hydrogens is 192 g/mol. The van der Waals surface area contributed by atoms with Crippen LogP contribution in [0.4, 0.5) is 0 Å². The summed E-state index contributed by atoms with van der Waals surface area (Å²) in [4.78, 5) is 13.5. The first-order chi connectivity index (χ1) is 7.04. The minimum Gasteiger partial charge on any atom is -0.467 e. The van der Waals surface area contributed by atoms with Crippen LogP contribution < -0.4 is 5.73 Å². The normalized spacial score (nSPS) is 10.7. The Morgan fingerprint density at radius 2 is 2.27 bits per heavy atom. The first-order valence-electron chi connectivity index (χ1n) is 5.07. The Hall–Kier alpha value is -1.29. The maximum atomic E-state index is 11.8. The van der Waals surface area contributed by atoms with Gasteiger partial charge in [-0.25, -0.2) is 0 Å². The Bertz CT molecular complexity index is 331. The van der Waals surface area contributed by atoms with Gasteiger partial charge in [0.1, 0.15) is 12.0 Å². The van der Waals surface area contributed by atoms with Crippen LogP contribution in [0.3, 0.4) is 0 Å². The lowest BCUT2D eigenvalue weighted by atomic mass is 10.2. The van der Waals surface area contributed by atoms with E-state index in [1.165, 1.54) is 6.26 Å². The van der Waals surface area contributed by atoms with Crippen molar-refractivity contribution in [2.24, 2.45) is 11.7 Å². The maximum absolute atomic E-state index is 11.8. The Morgan fingerprint density at radius 3 is 2.73 bits per heavy atom. The molecule has 0 spiro atoms. The molecule has 1 rings (SSSR count). The minimum absolute atomic E-state index is 0.0212. The summed E-state index contributed by atoms with van der Waals surface area (Å²) in [6.45, 7) is 5.21. The number of carbonyl (C=O) groups is 1. The van der Waals surface area contributed by atoms with Crippen LogP contribution in [0.1, 0.15) is 30.0 Å². The smallest absolute Gasteiger partial charge is 0.256 e. The summed E-state index contributed by atoms with van der Waals surface area (Å²) in [5.74, 6) is 1.07. The van der Waals surface area contributed by atoms with Gasteiger partial charge in [-0.1, -0.05) is 13.8 Å². The highest BCUT2D eigenvalue weighted by atomic mass is 16.3. The average Bonchev–Trinajstić information content (AvgIpc) is 2.63. The third kappa shape index (κ3) is 3.09. The molecule has 0 saturated heterocycles. The van der Waals surface area contributed by atoms with Crippen molar-refractivity contribution in [2.45, 2.75) is 20.4 Å². The van der Waals surface area contributed by atoms with Crippen LogP contribution in [0, 0.1) is 5.92 Å². The van der Waals surface area contributed by atoms with Crippen LogP contribution in [0.25, 0.3) is 0 Å². The molecule has 0 saturated carbocycles. The number of furan rings is 1. The molecule has 1 heterocycles. The zero-order valence-corrected chi connectivity index (χ0v) is 9.49. The minimum atomic E-state index is -0.0212. The summed E-state index contributed by atoms with van der Waals surface area (Å²) >= 11 is 0. The van der Waals surface area contributed by atoms with Gasteiger partial charge >= 0.3 is 0 Å². The summed E-state index contributed by atoms with van der Waals surface area (Å²) in [7, 11) is 1.79. The van der Waals surface area contributed by atoms with E-state index in [2.05, 4.69) is 13.8 Å². The van der Waals surface area contributed by atoms with Crippen molar-refractivity contribution >= 4 is 5.91 Å². The van der Waals surface area contributed by atoms with Crippen LogP contribution in [0.15, 0.2) is 16.7 Å². The standard InChI is InChI=1S/C11H18N2O2/c1-8(2)6-13(3)11(14)9-4-10(5-12)15-7-9/h4,7-8H,5-6,12H2,1-3H3. The third-order valence-corrected chi connectivity index (χ3v) is 2.09. The largest absolute Gasteiger partial charge is 0.467 e. The first-order valence-corrected chi connectivity index (χ1v) is 5.07. The van der Waals surface area contributed by atoms with Crippen molar-refractivity contribution in [3.8, 4) is 0 Å². The second-order valence-electron chi connectivity index (χ2n) is 4.09. The van der Waals surface area contributed by atoms with E-state index in [1.807, 2.05) is 0 Å². The molecule has 0 aliphatic carbocycles. The lowest BCUT2D eigenvalue weighted by Crippen LogP contribution is -2.29. The number of nitrogens with zero attached hydrogens (tertiary/aromatic N) is 1. The molecule has 1 aromatic heterocycles. The zero-order valence-electron chi connectivity index (χ0n) is 9.49. The fourth-order valence-corrected chi connectivity index (χ4v) is 1.45. The molecule has 4 heteroatoms. The fourth-order valence-electron chi connectivity index (χ4n) is 1.45. The number of hydrogen-bond donors (Lipinski definition) is 1. The van der Waals surface area contributed by atoms with Crippen LogP contribution in [-0.4, -0.2) is 24.4 Å². The summed E-state index contributed by atoms with van der Waals surface area (Å²) in [6, 6.07) is 1.69. The van der Waals surface area contributed by atoms with Crippen molar-refractivity contribution in [1.29, 1.82) is 0 Å². The van der Waals surface area contributed by atoms with E-state index >= 15 is 0 Å². The van der Waals surface area contributed by atoms with Gasteiger partial charge in [0.2, 0.25) is 0 Å². The number of carbonyl (C=O) groups excluding carboxylic acids is 1. The second-order valence-corrected chi connectivity index (χ2v) is 4.09. The Labute approximate surface area is 90.0 Å². The molecule has 0 fully saturated rings. The number of nitrogens with two attached hydrogens (primary N) is 1. The van der Waals surface area contributed by atoms with Crippen molar-refractivity contribution in [3.63, 3.8) is 0 Å². The van der Waals surface area contributed by atoms with E-state index in [9.17, 15) is 4.79 Å². The van der Waals surface area contributed by atoms with Gasteiger partial charge in [0.05, 0.1) is 12.1 Å². The summed E-state index contributed by atoms with van der Waals surface area (Å²) in [5, 5.41) is 0. The predicted octanol–water partition coefficient (Wildman–Crippen LogP) is 1.47. The van der Waals surface area contributed by atoms with E-state index in [0.29, 0.717) is 23.8 Å². The first kappa shape index (κ1) is 11.8. The van der Waals surface area contributed by atoms with Crippen LogP contribution >= 0.6 is 0 Å². The van der Waals surface area contributed by atoms with Gasteiger partial charge in [0, 0.05) is 13.6 Å². The maximum Gasteiger partial charge on any atom is 0.256 e. The molecule has 4 nitrogen and oxygen atoms in total. The average molecular weight is 210 g/mol. The van der Waals surface area contributed by atoms with E-state index in [-0.39, 0.29) is 5.91 Å². The molecule has 0 aromatic carbocycles. The quantitative estimate of drug-likeness (QED) is 0.818. The van der Waals surface area contributed by atoms with E-state index in [4.69, 9.17) is 10.2 Å². The van der Waals surface area contributed by atoms with Crippen LogP contribution in [0.5, 0.6) is 0 Å². The van der Waals surface area contributed by atoms with Crippen molar-refractivity contribution < 1.29 is 9.21 Å². The van der Waals surface area contributed by atoms with E-state index < -0.39 is 0 Å². The van der Waals surface area contributed by atoms with Gasteiger partial charge in [0.15, 0.2) is 0 Å². The molecule has 1 amide bonds. The lowest BCUT2D eigenvalue weighted by Gasteiger charge is -2.18. The topological polar surface area (TPSA) is 59.5 Å². The molecule has 2 N–H and O–H groups in total. The van der Waals surface area contributed by atoms with E-state index in [1.54, 1.807) is 18.0 Å². The molecule has 0 aliphatic rings. The Kier molecular flexibility index (Phi) is 3.91. The van der Waals surface area contributed by atoms with Crippen molar-refractivity contribution in [1.82, 2.24) is 4.90 Å².